The number of aliphatic carboxylic acids is 1. The van der Waals surface area contributed by atoms with Crippen molar-refractivity contribution in [3.8, 4) is 0 Å². The lowest BCUT2D eigenvalue weighted by molar-refractivity contribution is -0.144. The summed E-state index contributed by atoms with van der Waals surface area (Å²) in [5.41, 5.74) is -0.763. The maximum atomic E-state index is 11.1. The molecule has 18 heavy (non-hydrogen) atoms. The number of carbonyl (C=O) groups is 1. The first-order chi connectivity index (χ1) is 8.48. The van der Waals surface area contributed by atoms with Crippen LogP contribution >= 0.6 is 11.8 Å². The van der Waals surface area contributed by atoms with E-state index in [9.17, 15) is 4.79 Å². The minimum Gasteiger partial charge on any atom is -0.480 e. The summed E-state index contributed by atoms with van der Waals surface area (Å²) in [6.07, 6.45) is 7.10. The molecule has 0 radical (unpaired) electrons. The SMILES string of the molecule is CNC(C)(CCCSC1CCCC(C)C1)C(=O)O. The lowest BCUT2D eigenvalue weighted by Gasteiger charge is -2.27. The molecule has 1 aliphatic rings. The average Bonchev–Trinajstić information content (AvgIpc) is 2.34. The number of carboxylic acid groups (broad SMARTS) is 1. The Morgan fingerprint density at radius 2 is 2.22 bits per heavy atom. The van der Waals surface area contributed by atoms with Gasteiger partial charge in [-0.25, -0.2) is 0 Å². The van der Waals surface area contributed by atoms with Gasteiger partial charge in [0.15, 0.2) is 0 Å². The van der Waals surface area contributed by atoms with Crippen molar-refractivity contribution in [3.05, 3.63) is 0 Å². The van der Waals surface area contributed by atoms with E-state index in [0.717, 1.165) is 23.3 Å². The van der Waals surface area contributed by atoms with Gasteiger partial charge in [0, 0.05) is 5.25 Å². The van der Waals surface area contributed by atoms with Gasteiger partial charge in [0.25, 0.3) is 0 Å². The van der Waals surface area contributed by atoms with Gasteiger partial charge in [-0.05, 0) is 51.3 Å². The smallest absolute Gasteiger partial charge is 0.323 e. The van der Waals surface area contributed by atoms with Crippen molar-refractivity contribution in [1.29, 1.82) is 0 Å². The molecule has 0 aromatic rings. The number of nitrogens with one attached hydrogen (secondary N) is 1. The molecule has 0 amide bonds. The van der Waals surface area contributed by atoms with E-state index >= 15 is 0 Å². The van der Waals surface area contributed by atoms with Gasteiger partial charge in [0.1, 0.15) is 5.54 Å². The van der Waals surface area contributed by atoms with Crippen LogP contribution in [0, 0.1) is 5.92 Å². The lowest BCUT2D eigenvalue weighted by Crippen LogP contribution is -2.47. The zero-order chi connectivity index (χ0) is 13.6. The standard InChI is InChI=1S/C14H27NO2S/c1-11-6-4-7-12(10-11)18-9-5-8-14(2,15-3)13(16)17/h11-12,15H,4-10H2,1-3H3,(H,16,17). The third-order valence-corrected chi connectivity index (χ3v) is 5.51. The Balaban J connectivity index is 2.19. The van der Waals surface area contributed by atoms with Gasteiger partial charge in [-0.3, -0.25) is 4.79 Å². The van der Waals surface area contributed by atoms with E-state index in [0.29, 0.717) is 6.42 Å². The molecule has 0 heterocycles. The van der Waals surface area contributed by atoms with Crippen molar-refractivity contribution >= 4 is 17.7 Å². The topological polar surface area (TPSA) is 49.3 Å². The fraction of sp³-hybridized carbons (Fsp3) is 0.929. The van der Waals surface area contributed by atoms with E-state index in [1.54, 1.807) is 14.0 Å². The predicted molar refractivity (Wildman–Crippen MR) is 78.2 cm³/mol. The average molecular weight is 273 g/mol. The first-order valence-corrected chi connectivity index (χ1v) is 8.06. The van der Waals surface area contributed by atoms with Crippen molar-refractivity contribution in [2.45, 2.75) is 63.2 Å². The highest BCUT2D eigenvalue weighted by atomic mass is 32.2. The number of hydrogen-bond acceptors (Lipinski definition) is 3. The Bertz CT molecular complexity index is 273. The zero-order valence-corrected chi connectivity index (χ0v) is 12.7. The number of rotatable bonds is 7. The van der Waals surface area contributed by atoms with E-state index in [1.165, 1.54) is 25.7 Å². The summed E-state index contributed by atoms with van der Waals surface area (Å²) in [6.45, 7) is 4.11. The van der Waals surface area contributed by atoms with Gasteiger partial charge in [0.2, 0.25) is 0 Å². The molecule has 0 spiro atoms. The Labute approximate surface area is 115 Å². The largest absolute Gasteiger partial charge is 0.480 e. The minimum absolute atomic E-state index is 0.702. The Morgan fingerprint density at radius 1 is 1.50 bits per heavy atom. The van der Waals surface area contributed by atoms with Crippen LogP contribution in [0.2, 0.25) is 0 Å². The van der Waals surface area contributed by atoms with Crippen LogP contribution in [0.4, 0.5) is 0 Å². The van der Waals surface area contributed by atoms with Crippen LogP contribution in [0.3, 0.4) is 0 Å². The van der Waals surface area contributed by atoms with Crippen molar-refractivity contribution in [2.24, 2.45) is 5.92 Å². The van der Waals surface area contributed by atoms with E-state index in [2.05, 4.69) is 12.2 Å². The molecule has 1 saturated carbocycles. The fourth-order valence-electron chi connectivity index (χ4n) is 2.54. The minimum atomic E-state index is -0.763. The van der Waals surface area contributed by atoms with Crippen LogP contribution in [0.15, 0.2) is 0 Å². The Kier molecular flexibility index (Phi) is 6.50. The number of hydrogen-bond donors (Lipinski definition) is 2. The maximum absolute atomic E-state index is 11.1. The normalized spacial score (nSPS) is 27.7. The van der Waals surface area contributed by atoms with Crippen molar-refractivity contribution in [2.75, 3.05) is 12.8 Å². The molecule has 1 aliphatic carbocycles. The number of thioether (sulfide) groups is 1. The second-order valence-electron chi connectivity index (χ2n) is 5.76. The molecular formula is C14H27NO2S. The molecule has 0 saturated heterocycles. The summed E-state index contributed by atoms with van der Waals surface area (Å²) in [5.74, 6) is 1.21. The zero-order valence-electron chi connectivity index (χ0n) is 11.9. The summed E-state index contributed by atoms with van der Waals surface area (Å²) in [7, 11) is 1.73. The van der Waals surface area contributed by atoms with Crippen LogP contribution in [-0.4, -0.2) is 34.7 Å². The van der Waals surface area contributed by atoms with Crippen LogP contribution in [0.1, 0.15) is 52.4 Å². The van der Waals surface area contributed by atoms with Gasteiger partial charge in [-0.1, -0.05) is 19.8 Å². The highest BCUT2D eigenvalue weighted by molar-refractivity contribution is 7.99. The number of carboxylic acids is 1. The van der Waals surface area contributed by atoms with Crippen LogP contribution in [0.5, 0.6) is 0 Å². The molecule has 3 atom stereocenters. The molecule has 3 unspecified atom stereocenters. The van der Waals surface area contributed by atoms with Crippen molar-refractivity contribution in [1.82, 2.24) is 5.32 Å². The molecule has 0 bridgehead atoms. The molecule has 0 aliphatic heterocycles. The van der Waals surface area contributed by atoms with Crippen LogP contribution in [-0.2, 0) is 4.79 Å². The molecule has 1 rings (SSSR count). The second kappa shape index (κ2) is 7.39. The monoisotopic (exact) mass is 273 g/mol. The molecule has 1 fully saturated rings. The van der Waals surface area contributed by atoms with Crippen LogP contribution < -0.4 is 5.32 Å². The Morgan fingerprint density at radius 3 is 2.78 bits per heavy atom. The summed E-state index contributed by atoms with van der Waals surface area (Å²) in [4.78, 5) is 11.1. The van der Waals surface area contributed by atoms with Gasteiger partial charge >= 0.3 is 5.97 Å². The number of likely N-dealkylation sites (N-methyl/N-ethyl adjacent to an activating group) is 1. The fourth-order valence-corrected chi connectivity index (χ4v) is 3.99. The quantitative estimate of drug-likeness (QED) is 0.700. The van der Waals surface area contributed by atoms with Crippen molar-refractivity contribution < 1.29 is 9.90 Å². The molecule has 0 aromatic carbocycles. The van der Waals surface area contributed by atoms with Gasteiger partial charge in [-0.15, -0.1) is 0 Å². The van der Waals surface area contributed by atoms with Gasteiger partial charge in [0.05, 0.1) is 0 Å². The highest BCUT2D eigenvalue weighted by Crippen LogP contribution is 2.32. The Hall–Kier alpha value is -0.220. The molecule has 106 valence electrons. The molecular weight excluding hydrogens is 246 g/mol. The second-order valence-corrected chi connectivity index (χ2v) is 7.16. The first kappa shape index (κ1) is 15.8. The summed E-state index contributed by atoms with van der Waals surface area (Å²) < 4.78 is 0. The van der Waals surface area contributed by atoms with E-state index in [1.807, 2.05) is 11.8 Å². The predicted octanol–water partition coefficient (Wildman–Crippen LogP) is 3.14. The van der Waals surface area contributed by atoms with Gasteiger partial charge in [-0.2, -0.15) is 11.8 Å². The van der Waals surface area contributed by atoms with E-state index in [4.69, 9.17) is 5.11 Å². The molecule has 4 heteroatoms. The lowest BCUT2D eigenvalue weighted by atomic mass is 9.91. The third kappa shape index (κ3) is 4.81. The molecule has 0 aromatic heterocycles. The molecule has 2 N–H and O–H groups in total. The summed E-state index contributed by atoms with van der Waals surface area (Å²) >= 11 is 2.04. The maximum Gasteiger partial charge on any atom is 0.323 e. The molecule has 3 nitrogen and oxygen atoms in total. The summed E-state index contributed by atoms with van der Waals surface area (Å²) in [5, 5.41) is 12.9. The summed E-state index contributed by atoms with van der Waals surface area (Å²) in [6, 6.07) is 0. The van der Waals surface area contributed by atoms with E-state index in [-0.39, 0.29) is 0 Å². The van der Waals surface area contributed by atoms with Crippen LogP contribution in [0.25, 0.3) is 0 Å². The van der Waals surface area contributed by atoms with E-state index < -0.39 is 11.5 Å². The highest BCUT2D eigenvalue weighted by Gasteiger charge is 2.30. The van der Waals surface area contributed by atoms with Crippen molar-refractivity contribution in [3.63, 3.8) is 0 Å². The first-order valence-electron chi connectivity index (χ1n) is 7.02. The third-order valence-electron chi connectivity index (χ3n) is 4.09. The van der Waals surface area contributed by atoms with Gasteiger partial charge < -0.3 is 10.4 Å².